The van der Waals surface area contributed by atoms with Gasteiger partial charge in [-0.15, -0.1) is 10.2 Å². The Balaban J connectivity index is 1.72. The number of aryl methyl sites for hydroxylation is 1. The lowest BCUT2D eigenvalue weighted by molar-refractivity contribution is -0.136. The number of hydrogen-bond donors (Lipinski definition) is 0. The second-order valence-corrected chi connectivity index (χ2v) is 6.84. The topological polar surface area (TPSA) is 51.0 Å². The van der Waals surface area contributed by atoms with E-state index in [1.807, 2.05) is 6.33 Å². The summed E-state index contributed by atoms with van der Waals surface area (Å²) >= 11 is 0. The summed E-state index contributed by atoms with van der Waals surface area (Å²) in [6.45, 7) is 3.98. The molecule has 1 aliphatic carbocycles. The number of aromatic nitrogens is 3. The van der Waals surface area contributed by atoms with Gasteiger partial charge in [0.25, 0.3) is 0 Å². The van der Waals surface area contributed by atoms with Crippen LogP contribution in [0.5, 0.6) is 0 Å². The third-order valence-electron chi connectivity index (χ3n) is 5.17. The van der Waals surface area contributed by atoms with Crippen LogP contribution in [0.3, 0.4) is 0 Å². The molecule has 1 atom stereocenters. The molecule has 0 radical (unpaired) electrons. The van der Waals surface area contributed by atoms with Crippen molar-refractivity contribution in [1.82, 2.24) is 19.7 Å². The highest BCUT2D eigenvalue weighted by Gasteiger charge is 2.32. The van der Waals surface area contributed by atoms with Gasteiger partial charge < -0.3 is 9.47 Å². The molecule has 0 bridgehead atoms. The highest BCUT2D eigenvalue weighted by atomic mass is 16.2. The van der Waals surface area contributed by atoms with Crippen LogP contribution in [0.25, 0.3) is 0 Å². The highest BCUT2D eigenvalue weighted by Crippen LogP contribution is 2.33. The van der Waals surface area contributed by atoms with Crippen LogP contribution < -0.4 is 0 Å². The van der Waals surface area contributed by atoms with Crippen molar-refractivity contribution in [2.45, 2.75) is 77.3 Å². The first-order valence-electron chi connectivity index (χ1n) is 8.96. The van der Waals surface area contributed by atoms with Gasteiger partial charge in [-0.05, 0) is 44.4 Å². The number of carbonyl (C=O) groups excluding carboxylic acids is 1. The van der Waals surface area contributed by atoms with E-state index >= 15 is 0 Å². The monoisotopic (exact) mass is 304 g/mol. The van der Waals surface area contributed by atoms with E-state index in [0.717, 1.165) is 44.6 Å². The molecule has 2 aliphatic rings. The first-order valence-corrected chi connectivity index (χ1v) is 8.96. The predicted octanol–water partition coefficient (Wildman–Crippen LogP) is 3.32. The van der Waals surface area contributed by atoms with Crippen LogP contribution in [-0.4, -0.2) is 32.1 Å². The lowest BCUT2D eigenvalue weighted by atomic mass is 9.98. The molecule has 122 valence electrons. The van der Waals surface area contributed by atoms with Crippen LogP contribution >= 0.6 is 0 Å². The lowest BCUT2D eigenvalue weighted by Crippen LogP contribution is -2.40. The third kappa shape index (κ3) is 3.33. The largest absolute Gasteiger partial charge is 0.332 e. The lowest BCUT2D eigenvalue weighted by Gasteiger charge is -2.35. The second-order valence-electron chi connectivity index (χ2n) is 6.84. The zero-order chi connectivity index (χ0) is 15.4. The van der Waals surface area contributed by atoms with Crippen molar-refractivity contribution < 1.29 is 4.79 Å². The van der Waals surface area contributed by atoms with E-state index in [9.17, 15) is 4.79 Å². The predicted molar refractivity (Wildman–Crippen MR) is 85.2 cm³/mol. The van der Waals surface area contributed by atoms with Gasteiger partial charge in [-0.2, -0.15) is 0 Å². The Morgan fingerprint density at radius 2 is 2.00 bits per heavy atom. The summed E-state index contributed by atoms with van der Waals surface area (Å²) in [5.41, 5.74) is 0. The molecule has 1 saturated heterocycles. The number of nitrogens with zero attached hydrogens (tertiary/aromatic N) is 4. The molecule has 1 amide bonds. The SMILES string of the molecule is CCCn1cnnc1C1CCCCN1C(=O)CC1CCCC1. The van der Waals surface area contributed by atoms with Crippen molar-refractivity contribution in [1.29, 1.82) is 0 Å². The molecule has 1 aromatic heterocycles. The fourth-order valence-corrected chi connectivity index (χ4v) is 4.01. The van der Waals surface area contributed by atoms with Gasteiger partial charge >= 0.3 is 0 Å². The van der Waals surface area contributed by atoms with Gasteiger partial charge in [-0.25, -0.2) is 0 Å². The van der Waals surface area contributed by atoms with E-state index in [1.54, 1.807) is 0 Å². The Hall–Kier alpha value is -1.39. The van der Waals surface area contributed by atoms with Gasteiger partial charge in [0.2, 0.25) is 5.91 Å². The van der Waals surface area contributed by atoms with Crippen LogP contribution in [-0.2, 0) is 11.3 Å². The number of amides is 1. The maximum Gasteiger partial charge on any atom is 0.223 e. The summed E-state index contributed by atoms with van der Waals surface area (Å²) < 4.78 is 2.13. The Kier molecular flexibility index (Phi) is 5.11. The summed E-state index contributed by atoms with van der Waals surface area (Å²) in [6.07, 6.45) is 12.0. The second kappa shape index (κ2) is 7.25. The van der Waals surface area contributed by atoms with Crippen LogP contribution in [0, 0.1) is 5.92 Å². The zero-order valence-electron chi connectivity index (χ0n) is 13.7. The number of likely N-dealkylation sites (tertiary alicyclic amines) is 1. The molecule has 1 saturated carbocycles. The Morgan fingerprint density at radius 1 is 1.23 bits per heavy atom. The van der Waals surface area contributed by atoms with Gasteiger partial charge in [-0.1, -0.05) is 19.8 Å². The van der Waals surface area contributed by atoms with Crippen molar-refractivity contribution in [3.8, 4) is 0 Å². The molecule has 1 aromatic rings. The Morgan fingerprint density at radius 3 is 2.77 bits per heavy atom. The van der Waals surface area contributed by atoms with Crippen molar-refractivity contribution >= 4 is 5.91 Å². The standard InChI is InChI=1S/C17H28N4O/c1-2-10-20-13-18-19-17(20)15-9-5-6-11-21(15)16(22)12-14-7-3-4-8-14/h13-15H,2-12H2,1H3. The summed E-state index contributed by atoms with van der Waals surface area (Å²) in [5, 5.41) is 8.43. The summed E-state index contributed by atoms with van der Waals surface area (Å²) in [4.78, 5) is 14.9. The third-order valence-corrected chi connectivity index (χ3v) is 5.17. The van der Waals surface area contributed by atoms with E-state index in [4.69, 9.17) is 0 Å². The quantitative estimate of drug-likeness (QED) is 0.838. The van der Waals surface area contributed by atoms with Gasteiger partial charge in [0.15, 0.2) is 5.82 Å². The molecule has 2 fully saturated rings. The molecule has 1 aliphatic heterocycles. The van der Waals surface area contributed by atoms with Crippen molar-refractivity contribution in [3.63, 3.8) is 0 Å². The molecular weight excluding hydrogens is 276 g/mol. The van der Waals surface area contributed by atoms with E-state index in [2.05, 4.69) is 26.6 Å². The normalized spacial score (nSPS) is 23.1. The first kappa shape index (κ1) is 15.5. The minimum atomic E-state index is 0.136. The minimum Gasteiger partial charge on any atom is -0.332 e. The number of carbonyl (C=O) groups is 1. The molecular formula is C17H28N4O. The smallest absolute Gasteiger partial charge is 0.223 e. The van der Waals surface area contributed by atoms with Crippen LogP contribution in [0.15, 0.2) is 6.33 Å². The van der Waals surface area contributed by atoms with Crippen LogP contribution in [0.1, 0.15) is 76.6 Å². The molecule has 3 rings (SSSR count). The molecule has 0 spiro atoms. The fourth-order valence-electron chi connectivity index (χ4n) is 4.01. The Bertz CT molecular complexity index is 493. The summed E-state index contributed by atoms with van der Waals surface area (Å²) in [7, 11) is 0. The van der Waals surface area contributed by atoms with Crippen molar-refractivity contribution in [3.05, 3.63) is 12.2 Å². The van der Waals surface area contributed by atoms with Crippen molar-refractivity contribution in [2.24, 2.45) is 5.92 Å². The Labute approximate surface area is 133 Å². The highest BCUT2D eigenvalue weighted by molar-refractivity contribution is 5.77. The molecule has 0 N–H and O–H groups in total. The first-order chi connectivity index (χ1) is 10.8. The summed E-state index contributed by atoms with van der Waals surface area (Å²) in [6, 6.07) is 0.136. The maximum absolute atomic E-state index is 12.8. The van der Waals surface area contributed by atoms with E-state index in [-0.39, 0.29) is 6.04 Å². The average molecular weight is 304 g/mol. The van der Waals surface area contributed by atoms with E-state index < -0.39 is 0 Å². The van der Waals surface area contributed by atoms with Gasteiger partial charge in [0, 0.05) is 19.5 Å². The maximum atomic E-state index is 12.8. The molecule has 0 aromatic carbocycles. The van der Waals surface area contributed by atoms with Crippen molar-refractivity contribution in [2.75, 3.05) is 6.54 Å². The van der Waals surface area contributed by atoms with Crippen LogP contribution in [0.2, 0.25) is 0 Å². The van der Waals surface area contributed by atoms with Gasteiger partial charge in [0.1, 0.15) is 6.33 Å². The fraction of sp³-hybridized carbons (Fsp3) is 0.824. The molecule has 1 unspecified atom stereocenters. The minimum absolute atomic E-state index is 0.136. The molecule has 22 heavy (non-hydrogen) atoms. The zero-order valence-corrected chi connectivity index (χ0v) is 13.7. The number of rotatable bonds is 5. The average Bonchev–Trinajstić information content (AvgIpc) is 3.19. The summed E-state index contributed by atoms with van der Waals surface area (Å²) in [5.74, 6) is 1.94. The molecule has 5 heteroatoms. The van der Waals surface area contributed by atoms with Gasteiger partial charge in [-0.3, -0.25) is 4.79 Å². The van der Waals surface area contributed by atoms with Crippen LogP contribution in [0.4, 0.5) is 0 Å². The number of hydrogen-bond acceptors (Lipinski definition) is 3. The van der Waals surface area contributed by atoms with Gasteiger partial charge in [0.05, 0.1) is 6.04 Å². The molecule has 2 heterocycles. The number of piperidine rings is 1. The van der Waals surface area contributed by atoms with E-state index in [1.165, 1.54) is 32.1 Å². The molecule has 5 nitrogen and oxygen atoms in total. The van der Waals surface area contributed by atoms with E-state index in [0.29, 0.717) is 11.8 Å².